The normalized spacial score (nSPS) is 20.1. The highest BCUT2D eigenvalue weighted by Crippen LogP contribution is 2.08. The van der Waals surface area contributed by atoms with Crippen molar-refractivity contribution in [1.82, 2.24) is 10.2 Å². The summed E-state index contributed by atoms with van der Waals surface area (Å²) in [5, 5.41) is 3.66. The Morgan fingerprint density at radius 2 is 2.07 bits per heavy atom. The maximum absolute atomic E-state index is 3.66. The van der Waals surface area contributed by atoms with Crippen LogP contribution in [0.1, 0.15) is 26.2 Å². The Balaban J connectivity index is 1.91. The first-order valence-corrected chi connectivity index (χ1v) is 6.98. The van der Waals surface area contributed by atoms with Crippen molar-refractivity contribution >= 4 is 11.8 Å². The maximum atomic E-state index is 3.66. The van der Waals surface area contributed by atoms with Gasteiger partial charge in [0.15, 0.2) is 0 Å². The first-order chi connectivity index (χ1) is 6.83. The van der Waals surface area contributed by atoms with Gasteiger partial charge in [0.05, 0.1) is 0 Å². The van der Waals surface area contributed by atoms with E-state index in [-0.39, 0.29) is 0 Å². The standard InChI is InChI=1S/C11H24N2S/c1-3-14-10-4-7-12-11-5-8-13(2)9-6-11/h11-12H,3-10H2,1-2H3. The summed E-state index contributed by atoms with van der Waals surface area (Å²) in [4.78, 5) is 2.42. The molecule has 0 unspecified atom stereocenters. The molecule has 1 saturated heterocycles. The number of nitrogens with one attached hydrogen (secondary N) is 1. The third-order valence-corrected chi connectivity index (χ3v) is 3.81. The van der Waals surface area contributed by atoms with Crippen LogP contribution in [0.15, 0.2) is 0 Å². The molecular weight excluding hydrogens is 192 g/mol. The first kappa shape index (κ1) is 12.3. The maximum Gasteiger partial charge on any atom is 0.00914 e. The molecular formula is C11H24N2S. The van der Waals surface area contributed by atoms with E-state index in [1.807, 2.05) is 11.8 Å². The molecule has 0 radical (unpaired) electrons. The van der Waals surface area contributed by atoms with E-state index in [1.165, 1.54) is 50.4 Å². The lowest BCUT2D eigenvalue weighted by molar-refractivity contribution is 0.235. The lowest BCUT2D eigenvalue weighted by atomic mass is 10.1. The van der Waals surface area contributed by atoms with Crippen molar-refractivity contribution in [2.45, 2.75) is 32.2 Å². The molecule has 2 nitrogen and oxygen atoms in total. The van der Waals surface area contributed by atoms with Crippen LogP contribution in [0.2, 0.25) is 0 Å². The van der Waals surface area contributed by atoms with Gasteiger partial charge in [-0.1, -0.05) is 6.92 Å². The van der Waals surface area contributed by atoms with Crippen LogP contribution in [-0.2, 0) is 0 Å². The smallest absolute Gasteiger partial charge is 0.00914 e. The molecule has 0 spiro atoms. The second-order valence-electron chi connectivity index (χ2n) is 4.08. The molecule has 1 heterocycles. The van der Waals surface area contributed by atoms with Crippen LogP contribution in [0.25, 0.3) is 0 Å². The van der Waals surface area contributed by atoms with Crippen LogP contribution in [0.4, 0.5) is 0 Å². The predicted octanol–water partition coefficient (Wildman–Crippen LogP) is 1.81. The third-order valence-electron chi connectivity index (χ3n) is 2.82. The van der Waals surface area contributed by atoms with Crippen molar-refractivity contribution in [2.24, 2.45) is 0 Å². The molecule has 0 atom stereocenters. The summed E-state index contributed by atoms with van der Waals surface area (Å²) in [7, 11) is 2.22. The summed E-state index contributed by atoms with van der Waals surface area (Å²) in [6.07, 6.45) is 3.99. The van der Waals surface area contributed by atoms with Gasteiger partial charge < -0.3 is 10.2 Å². The van der Waals surface area contributed by atoms with E-state index in [0.29, 0.717) is 0 Å². The van der Waals surface area contributed by atoms with Gasteiger partial charge in [0, 0.05) is 6.04 Å². The number of hydrogen-bond donors (Lipinski definition) is 1. The summed E-state index contributed by atoms with van der Waals surface area (Å²) >= 11 is 2.05. The van der Waals surface area contributed by atoms with E-state index in [1.54, 1.807) is 0 Å². The Bertz CT molecular complexity index is 133. The molecule has 0 amide bonds. The highest BCUT2D eigenvalue weighted by atomic mass is 32.2. The molecule has 1 fully saturated rings. The molecule has 0 saturated carbocycles. The van der Waals surface area contributed by atoms with Crippen LogP contribution < -0.4 is 5.32 Å². The van der Waals surface area contributed by atoms with E-state index in [4.69, 9.17) is 0 Å². The van der Waals surface area contributed by atoms with E-state index in [9.17, 15) is 0 Å². The number of nitrogens with zero attached hydrogens (tertiary/aromatic N) is 1. The van der Waals surface area contributed by atoms with Gasteiger partial charge in [-0.05, 0) is 57.5 Å². The Morgan fingerprint density at radius 1 is 1.36 bits per heavy atom. The molecule has 84 valence electrons. The molecule has 0 aromatic carbocycles. The van der Waals surface area contributed by atoms with Crippen molar-refractivity contribution in [2.75, 3.05) is 38.2 Å². The van der Waals surface area contributed by atoms with Crippen molar-refractivity contribution in [1.29, 1.82) is 0 Å². The molecule has 1 N–H and O–H groups in total. The number of hydrogen-bond acceptors (Lipinski definition) is 3. The monoisotopic (exact) mass is 216 g/mol. The van der Waals surface area contributed by atoms with Gasteiger partial charge in [-0.3, -0.25) is 0 Å². The van der Waals surface area contributed by atoms with Gasteiger partial charge in [-0.15, -0.1) is 0 Å². The summed E-state index contributed by atoms with van der Waals surface area (Å²) in [6.45, 7) is 5.97. The molecule has 0 aromatic heterocycles. The van der Waals surface area contributed by atoms with Crippen molar-refractivity contribution in [3.05, 3.63) is 0 Å². The minimum atomic E-state index is 0.790. The predicted molar refractivity (Wildman–Crippen MR) is 66.1 cm³/mol. The summed E-state index contributed by atoms with van der Waals surface area (Å²) in [6, 6.07) is 0.790. The van der Waals surface area contributed by atoms with E-state index in [0.717, 1.165) is 6.04 Å². The van der Waals surface area contributed by atoms with Crippen LogP contribution in [0, 0.1) is 0 Å². The van der Waals surface area contributed by atoms with Crippen LogP contribution in [-0.4, -0.2) is 49.1 Å². The quantitative estimate of drug-likeness (QED) is 0.682. The largest absolute Gasteiger partial charge is 0.314 e. The molecule has 14 heavy (non-hydrogen) atoms. The fourth-order valence-electron chi connectivity index (χ4n) is 1.84. The minimum absolute atomic E-state index is 0.790. The number of piperidine rings is 1. The summed E-state index contributed by atoms with van der Waals surface area (Å²) in [5.74, 6) is 2.57. The van der Waals surface area contributed by atoms with Gasteiger partial charge >= 0.3 is 0 Å². The third kappa shape index (κ3) is 5.23. The van der Waals surface area contributed by atoms with E-state index in [2.05, 4.69) is 24.2 Å². The Morgan fingerprint density at radius 3 is 2.71 bits per heavy atom. The Hall–Kier alpha value is 0.270. The van der Waals surface area contributed by atoms with Crippen molar-refractivity contribution in [3.63, 3.8) is 0 Å². The fourth-order valence-corrected chi connectivity index (χ4v) is 2.47. The van der Waals surface area contributed by atoms with Crippen molar-refractivity contribution < 1.29 is 0 Å². The molecule has 3 heteroatoms. The molecule has 0 aliphatic carbocycles. The first-order valence-electron chi connectivity index (χ1n) is 5.82. The topological polar surface area (TPSA) is 15.3 Å². The van der Waals surface area contributed by atoms with Crippen LogP contribution >= 0.6 is 11.8 Å². The SMILES string of the molecule is CCSCCCNC1CCN(C)CC1. The van der Waals surface area contributed by atoms with Gasteiger partial charge in [0.2, 0.25) is 0 Å². The highest BCUT2D eigenvalue weighted by molar-refractivity contribution is 7.99. The van der Waals surface area contributed by atoms with E-state index >= 15 is 0 Å². The second kappa shape index (κ2) is 7.55. The zero-order chi connectivity index (χ0) is 10.2. The van der Waals surface area contributed by atoms with E-state index < -0.39 is 0 Å². The lowest BCUT2D eigenvalue weighted by Crippen LogP contribution is -2.41. The Kier molecular flexibility index (Phi) is 6.65. The molecule has 0 bridgehead atoms. The molecule has 0 aromatic rings. The highest BCUT2D eigenvalue weighted by Gasteiger charge is 2.14. The average molecular weight is 216 g/mol. The van der Waals surface area contributed by atoms with Gasteiger partial charge in [0.1, 0.15) is 0 Å². The summed E-state index contributed by atoms with van der Waals surface area (Å²) < 4.78 is 0. The van der Waals surface area contributed by atoms with Crippen LogP contribution in [0.5, 0.6) is 0 Å². The van der Waals surface area contributed by atoms with Gasteiger partial charge in [-0.25, -0.2) is 0 Å². The lowest BCUT2D eigenvalue weighted by Gasteiger charge is -2.29. The Labute approximate surface area is 92.8 Å². The number of rotatable bonds is 6. The number of likely N-dealkylation sites (tertiary alicyclic amines) is 1. The van der Waals surface area contributed by atoms with Gasteiger partial charge in [0.25, 0.3) is 0 Å². The number of thioether (sulfide) groups is 1. The zero-order valence-corrected chi connectivity index (χ0v) is 10.4. The molecule has 1 aliphatic rings. The fraction of sp³-hybridized carbons (Fsp3) is 1.00. The van der Waals surface area contributed by atoms with Crippen molar-refractivity contribution in [3.8, 4) is 0 Å². The van der Waals surface area contributed by atoms with Crippen LogP contribution in [0.3, 0.4) is 0 Å². The second-order valence-corrected chi connectivity index (χ2v) is 5.48. The molecule has 1 aliphatic heterocycles. The minimum Gasteiger partial charge on any atom is -0.314 e. The molecule has 1 rings (SSSR count). The zero-order valence-electron chi connectivity index (χ0n) is 9.59. The average Bonchev–Trinajstić information content (AvgIpc) is 2.21. The van der Waals surface area contributed by atoms with Gasteiger partial charge in [-0.2, -0.15) is 11.8 Å². The summed E-state index contributed by atoms with van der Waals surface area (Å²) in [5.41, 5.74) is 0.